The number of nitro groups is 1. The first-order chi connectivity index (χ1) is 11.2. The number of nitrogens with zero attached hydrogens (tertiary/aromatic N) is 3. The lowest BCUT2D eigenvalue weighted by atomic mass is 10.3. The highest BCUT2D eigenvalue weighted by molar-refractivity contribution is 7.89. The molecule has 1 aromatic rings. The van der Waals surface area contributed by atoms with E-state index in [4.69, 9.17) is 4.74 Å². The molecule has 0 unspecified atom stereocenters. The molecule has 1 heterocycles. The lowest BCUT2D eigenvalue weighted by Crippen LogP contribution is -2.51. The van der Waals surface area contributed by atoms with E-state index in [-0.39, 0.29) is 23.1 Å². The lowest BCUT2D eigenvalue weighted by molar-refractivity contribution is -0.388. The van der Waals surface area contributed by atoms with Gasteiger partial charge >= 0.3 is 6.09 Å². The van der Waals surface area contributed by atoms with Gasteiger partial charge in [0.2, 0.25) is 0 Å². The number of amides is 1. The third kappa shape index (κ3) is 3.11. The van der Waals surface area contributed by atoms with E-state index in [1.807, 2.05) is 0 Å². The Bertz CT molecular complexity index is 766. The minimum Gasteiger partial charge on any atom is -0.497 e. The molecule has 0 saturated carbocycles. The van der Waals surface area contributed by atoms with Gasteiger partial charge in [0.25, 0.3) is 15.7 Å². The number of rotatable bonds is 5. The molecule has 0 aliphatic carbocycles. The molecule has 0 aromatic heterocycles. The number of nitro benzene ring substituents is 1. The van der Waals surface area contributed by atoms with Crippen LogP contribution in [0.15, 0.2) is 23.1 Å². The van der Waals surface area contributed by atoms with Gasteiger partial charge in [0, 0.05) is 6.54 Å². The summed E-state index contributed by atoms with van der Waals surface area (Å²) in [5, 5.41) is 31.0. The fourth-order valence-corrected chi connectivity index (χ4v) is 3.87. The van der Waals surface area contributed by atoms with Crippen LogP contribution in [0.2, 0.25) is 0 Å². The number of methoxy groups -OCH3 is 1. The minimum atomic E-state index is -4.81. The van der Waals surface area contributed by atoms with E-state index < -0.39 is 37.9 Å². The van der Waals surface area contributed by atoms with Crippen molar-refractivity contribution in [3.8, 4) is 5.75 Å². The van der Waals surface area contributed by atoms with Crippen molar-refractivity contribution < 1.29 is 33.1 Å². The first-order valence-corrected chi connectivity index (χ1v) is 8.19. The second kappa shape index (κ2) is 6.59. The Labute approximate surface area is 136 Å². The molecule has 1 aliphatic rings. The van der Waals surface area contributed by atoms with Crippen molar-refractivity contribution in [2.24, 2.45) is 0 Å². The number of carbonyl (C=O) groups is 1. The molecule has 1 aromatic carbocycles. The number of hydrogen-bond donors (Lipinski definition) is 2. The quantitative estimate of drug-likeness (QED) is 0.567. The monoisotopic (exact) mass is 361 g/mol. The Balaban J connectivity index is 2.59. The molecule has 2 N–H and O–H groups in total. The number of ether oxygens (including phenoxy) is 1. The number of carboxylic acid groups (broad SMARTS) is 1. The van der Waals surface area contributed by atoms with Gasteiger partial charge in [-0.2, -0.15) is 13.4 Å². The van der Waals surface area contributed by atoms with E-state index in [0.29, 0.717) is 6.42 Å². The zero-order chi connectivity index (χ0) is 18.1. The number of hydrazine groups is 1. The van der Waals surface area contributed by atoms with Crippen LogP contribution in [0.4, 0.5) is 10.5 Å². The predicted molar refractivity (Wildman–Crippen MR) is 78.6 cm³/mol. The molecule has 1 saturated heterocycles. The summed E-state index contributed by atoms with van der Waals surface area (Å²) >= 11 is 0. The smallest absolute Gasteiger partial charge is 0.436 e. The molecular weight excluding hydrogens is 346 g/mol. The predicted octanol–water partition coefficient (Wildman–Crippen LogP) is 0.601. The summed E-state index contributed by atoms with van der Waals surface area (Å²) in [5.41, 5.74) is -0.825. The lowest BCUT2D eigenvalue weighted by Gasteiger charge is -2.30. The van der Waals surface area contributed by atoms with E-state index in [9.17, 15) is 33.5 Å². The van der Waals surface area contributed by atoms with Gasteiger partial charge in [-0.1, -0.05) is 0 Å². The zero-order valence-corrected chi connectivity index (χ0v) is 13.3. The molecule has 1 amide bonds. The van der Waals surface area contributed by atoms with Crippen LogP contribution < -0.4 is 4.74 Å². The Morgan fingerprint density at radius 1 is 1.50 bits per heavy atom. The average molecular weight is 361 g/mol. The van der Waals surface area contributed by atoms with Gasteiger partial charge in [-0.25, -0.2) is 4.79 Å². The third-order valence-corrected chi connectivity index (χ3v) is 5.18. The first-order valence-electron chi connectivity index (χ1n) is 6.75. The Kier molecular flexibility index (Phi) is 4.91. The molecule has 11 nitrogen and oxygen atoms in total. The Morgan fingerprint density at radius 2 is 2.17 bits per heavy atom. The molecule has 0 spiro atoms. The number of aliphatic hydroxyl groups excluding tert-OH is 1. The van der Waals surface area contributed by atoms with Gasteiger partial charge in [-0.15, -0.1) is 4.41 Å². The summed E-state index contributed by atoms with van der Waals surface area (Å²) in [6, 6.07) is 2.94. The normalized spacial score (nSPS) is 18.3. The highest BCUT2D eigenvalue weighted by Gasteiger charge is 2.42. The van der Waals surface area contributed by atoms with Crippen molar-refractivity contribution in [3.63, 3.8) is 0 Å². The van der Waals surface area contributed by atoms with E-state index in [2.05, 4.69) is 0 Å². The fourth-order valence-electron chi connectivity index (χ4n) is 2.37. The molecule has 12 heteroatoms. The van der Waals surface area contributed by atoms with Crippen LogP contribution in [0.3, 0.4) is 0 Å². The summed E-state index contributed by atoms with van der Waals surface area (Å²) in [6.45, 7) is -0.0172. The third-order valence-electron chi connectivity index (χ3n) is 3.46. The second-order valence-corrected chi connectivity index (χ2v) is 6.64. The summed E-state index contributed by atoms with van der Waals surface area (Å²) in [4.78, 5) is 20.9. The average Bonchev–Trinajstić information content (AvgIpc) is 2.91. The van der Waals surface area contributed by atoms with E-state index in [1.54, 1.807) is 0 Å². The van der Waals surface area contributed by atoms with Gasteiger partial charge in [0.15, 0.2) is 4.90 Å². The van der Waals surface area contributed by atoms with Crippen LogP contribution in [-0.2, 0) is 10.0 Å². The summed E-state index contributed by atoms with van der Waals surface area (Å²) in [5.74, 6) is 0.0451. The number of hydrogen-bond acceptors (Lipinski definition) is 8. The summed E-state index contributed by atoms with van der Waals surface area (Å²) in [7, 11) is -3.57. The Hall–Kier alpha value is -2.44. The molecule has 1 atom stereocenters. The number of benzene rings is 1. The molecule has 2 rings (SSSR count). The maximum atomic E-state index is 12.7. The van der Waals surface area contributed by atoms with Crippen LogP contribution in [0.5, 0.6) is 5.75 Å². The molecule has 132 valence electrons. The molecule has 0 bridgehead atoms. The zero-order valence-electron chi connectivity index (χ0n) is 12.5. The van der Waals surface area contributed by atoms with Crippen LogP contribution in [0.25, 0.3) is 0 Å². The largest absolute Gasteiger partial charge is 0.497 e. The van der Waals surface area contributed by atoms with Crippen LogP contribution in [0.1, 0.15) is 12.8 Å². The maximum absolute atomic E-state index is 12.7. The van der Waals surface area contributed by atoms with Gasteiger partial charge in [0.1, 0.15) is 12.0 Å². The van der Waals surface area contributed by atoms with E-state index >= 15 is 0 Å². The summed E-state index contributed by atoms with van der Waals surface area (Å²) in [6.07, 6.45) is -2.62. The van der Waals surface area contributed by atoms with Crippen molar-refractivity contribution in [2.75, 3.05) is 13.7 Å². The molecule has 24 heavy (non-hydrogen) atoms. The fraction of sp³-hybridized carbons (Fsp3) is 0.417. The van der Waals surface area contributed by atoms with E-state index in [0.717, 1.165) is 17.1 Å². The summed E-state index contributed by atoms with van der Waals surface area (Å²) < 4.78 is 30.1. The highest BCUT2D eigenvalue weighted by Crippen LogP contribution is 2.32. The first kappa shape index (κ1) is 17.9. The number of aliphatic hydroxyl groups is 1. The molecular formula is C12H15N3O8S. The van der Waals surface area contributed by atoms with Gasteiger partial charge in [-0.3, -0.25) is 10.1 Å². The van der Waals surface area contributed by atoms with Crippen molar-refractivity contribution in [1.82, 2.24) is 9.42 Å². The van der Waals surface area contributed by atoms with Crippen LogP contribution >= 0.6 is 0 Å². The van der Waals surface area contributed by atoms with Crippen molar-refractivity contribution >= 4 is 21.8 Å². The SMILES string of the molecule is COc1ccc(S(=O)(=O)N(C(=O)O)N2CCC[C@H]2O)c([N+](=O)[O-])c1. The standard InChI is InChI=1S/C12H15N3O8S/c1-23-8-4-5-10(9(7-8)15(19)20)24(21,22)14(12(17)18)13-6-2-3-11(13)16/h4-5,7,11,16H,2-3,6H2,1H3,(H,17,18)/t11-/m1/s1. The van der Waals surface area contributed by atoms with Gasteiger partial charge in [0.05, 0.1) is 18.1 Å². The van der Waals surface area contributed by atoms with Gasteiger partial charge in [-0.05, 0) is 25.0 Å². The van der Waals surface area contributed by atoms with E-state index in [1.165, 1.54) is 13.2 Å². The Morgan fingerprint density at radius 3 is 2.62 bits per heavy atom. The molecule has 0 radical (unpaired) electrons. The molecule has 1 aliphatic heterocycles. The van der Waals surface area contributed by atoms with Crippen LogP contribution in [0, 0.1) is 10.1 Å². The van der Waals surface area contributed by atoms with Crippen molar-refractivity contribution in [2.45, 2.75) is 24.0 Å². The minimum absolute atomic E-state index is 0.0172. The van der Waals surface area contributed by atoms with Crippen LogP contribution in [-0.4, -0.2) is 59.0 Å². The highest BCUT2D eigenvalue weighted by atomic mass is 32.2. The number of sulfonamides is 1. The van der Waals surface area contributed by atoms with Gasteiger partial charge < -0.3 is 14.9 Å². The van der Waals surface area contributed by atoms with Crippen molar-refractivity contribution in [1.29, 1.82) is 0 Å². The topological polar surface area (TPSA) is 151 Å². The molecule has 1 fully saturated rings. The van der Waals surface area contributed by atoms with Crippen molar-refractivity contribution in [3.05, 3.63) is 28.3 Å². The second-order valence-electron chi connectivity index (χ2n) is 4.91. The maximum Gasteiger partial charge on any atom is 0.436 e.